The second-order valence-electron chi connectivity index (χ2n) is 10.5. The summed E-state index contributed by atoms with van der Waals surface area (Å²) in [5.41, 5.74) is 4.93. The van der Waals surface area contributed by atoms with Gasteiger partial charge in [-0.05, 0) is 67.7 Å². The van der Waals surface area contributed by atoms with Crippen molar-refractivity contribution in [1.82, 2.24) is 15.0 Å². The highest BCUT2D eigenvalue weighted by molar-refractivity contribution is 5.98. The number of hydrogen-bond donors (Lipinski definition) is 1. The van der Waals surface area contributed by atoms with Crippen molar-refractivity contribution in [3.8, 4) is 22.6 Å². The van der Waals surface area contributed by atoms with Gasteiger partial charge in [-0.25, -0.2) is 14.4 Å². The zero-order valence-corrected chi connectivity index (χ0v) is 20.0. The highest BCUT2D eigenvalue weighted by Gasteiger charge is 2.51. The van der Waals surface area contributed by atoms with Gasteiger partial charge in [0, 0.05) is 46.0 Å². The minimum absolute atomic E-state index is 0.00665. The third-order valence-electron chi connectivity index (χ3n) is 8.36. The van der Waals surface area contributed by atoms with E-state index in [1.165, 1.54) is 6.07 Å². The average molecular weight is 470 g/mol. The number of aliphatic hydroxyl groups excluding tert-OH is 1. The maximum atomic E-state index is 15.1. The van der Waals surface area contributed by atoms with Crippen LogP contribution in [0.5, 0.6) is 0 Å². The summed E-state index contributed by atoms with van der Waals surface area (Å²) >= 11 is 0. The first-order valence-corrected chi connectivity index (χ1v) is 12.4. The lowest BCUT2D eigenvalue weighted by Crippen LogP contribution is -2.48. The van der Waals surface area contributed by atoms with Crippen LogP contribution < -0.4 is 0 Å². The maximum Gasteiger partial charge on any atom is 0.165 e. The van der Waals surface area contributed by atoms with Gasteiger partial charge >= 0.3 is 0 Å². The van der Waals surface area contributed by atoms with Gasteiger partial charge in [-0.2, -0.15) is 0 Å². The molecule has 2 fully saturated rings. The minimum Gasteiger partial charge on any atom is -0.515 e. The van der Waals surface area contributed by atoms with Crippen molar-refractivity contribution in [3.05, 3.63) is 77.2 Å². The second kappa shape index (κ2) is 8.08. The topological polar surface area (TPSA) is 76.0 Å². The number of carbonyl (C=O) groups is 1. The molecule has 0 unspecified atom stereocenters. The van der Waals surface area contributed by atoms with E-state index < -0.39 is 5.41 Å². The molecule has 2 aromatic heterocycles. The van der Waals surface area contributed by atoms with E-state index in [9.17, 15) is 9.90 Å². The molecule has 1 aromatic carbocycles. The summed E-state index contributed by atoms with van der Waals surface area (Å²) in [5, 5.41) is 9.87. The standard InChI is InChI=1S/C29H28FN3O2/c1-16-23-10-9-21-25(20-5-3-4-6-24(20)30)32-28(19-11-12-31-14-22(19)17-7-8-17)33-27(21)29(23,2)13-18(15-34)26(16)35/h3-6,11-12,14-17,23,34H,7-10,13H2,1-2H3/b18-15-/t16-,23-,29-/m1/s1. The molecule has 3 aliphatic carbocycles. The number of aromatic nitrogens is 3. The molecule has 3 aromatic rings. The summed E-state index contributed by atoms with van der Waals surface area (Å²) in [4.78, 5) is 27.4. The molecule has 0 spiro atoms. The van der Waals surface area contributed by atoms with Crippen LogP contribution in [0.3, 0.4) is 0 Å². The molecule has 2 saturated carbocycles. The second-order valence-corrected chi connectivity index (χ2v) is 10.5. The average Bonchev–Trinajstić information content (AvgIpc) is 3.72. The number of benzene rings is 1. The van der Waals surface area contributed by atoms with Crippen LogP contribution in [0, 0.1) is 17.7 Å². The van der Waals surface area contributed by atoms with E-state index in [1.54, 1.807) is 18.3 Å². The number of rotatable bonds is 3. The van der Waals surface area contributed by atoms with Gasteiger partial charge in [0.05, 0.1) is 17.6 Å². The summed E-state index contributed by atoms with van der Waals surface area (Å²) in [7, 11) is 0. The van der Waals surface area contributed by atoms with Crippen molar-refractivity contribution in [3.63, 3.8) is 0 Å². The van der Waals surface area contributed by atoms with Gasteiger partial charge < -0.3 is 5.11 Å². The number of nitrogens with zero attached hydrogens (tertiary/aromatic N) is 3. The maximum absolute atomic E-state index is 15.1. The Labute approximate surface area is 204 Å². The first-order valence-electron chi connectivity index (χ1n) is 12.4. The van der Waals surface area contributed by atoms with Gasteiger partial charge in [-0.1, -0.05) is 26.0 Å². The SMILES string of the molecule is C[C@H]1C(=O)/C(=C\O)C[C@@]2(C)c3nc(-c4ccncc4C4CC4)nc(-c4ccccc4F)c3CC[C@H]12. The summed E-state index contributed by atoms with van der Waals surface area (Å²) < 4.78 is 15.1. The molecule has 6 heteroatoms. The zero-order chi connectivity index (χ0) is 24.3. The first-order chi connectivity index (χ1) is 16.9. The van der Waals surface area contributed by atoms with E-state index in [0.717, 1.165) is 47.9 Å². The van der Waals surface area contributed by atoms with E-state index in [0.29, 0.717) is 41.4 Å². The molecule has 1 N–H and O–H groups in total. The van der Waals surface area contributed by atoms with Crippen molar-refractivity contribution in [1.29, 1.82) is 0 Å². The fourth-order valence-electron chi connectivity index (χ4n) is 6.40. The molecule has 0 radical (unpaired) electrons. The first kappa shape index (κ1) is 22.1. The lowest BCUT2D eigenvalue weighted by Gasteiger charge is -2.48. The van der Waals surface area contributed by atoms with Gasteiger partial charge in [0.2, 0.25) is 0 Å². The zero-order valence-electron chi connectivity index (χ0n) is 20.0. The van der Waals surface area contributed by atoms with Crippen LogP contribution in [-0.2, 0) is 16.6 Å². The number of halogens is 1. The van der Waals surface area contributed by atoms with Crippen molar-refractivity contribution in [2.45, 2.75) is 57.3 Å². The molecule has 178 valence electrons. The van der Waals surface area contributed by atoms with Crippen molar-refractivity contribution in [2.75, 3.05) is 0 Å². The van der Waals surface area contributed by atoms with Crippen molar-refractivity contribution >= 4 is 5.78 Å². The van der Waals surface area contributed by atoms with Crippen LogP contribution in [0.2, 0.25) is 0 Å². The molecule has 5 nitrogen and oxygen atoms in total. The summed E-state index contributed by atoms with van der Waals surface area (Å²) in [6.07, 6.45) is 8.74. The van der Waals surface area contributed by atoms with Gasteiger partial charge in [0.1, 0.15) is 5.82 Å². The number of ketones is 1. The van der Waals surface area contributed by atoms with Gasteiger partial charge in [0.25, 0.3) is 0 Å². The third-order valence-corrected chi connectivity index (χ3v) is 8.36. The molecular formula is C29H28FN3O2. The molecule has 0 bridgehead atoms. The molecular weight excluding hydrogens is 441 g/mol. The Morgan fingerprint density at radius 2 is 1.91 bits per heavy atom. The van der Waals surface area contributed by atoms with Crippen molar-refractivity contribution in [2.24, 2.45) is 11.8 Å². The number of Topliss-reactive ketones (excluding diaryl/α,β-unsaturated/α-hetero) is 1. The molecule has 3 atom stereocenters. The Morgan fingerprint density at radius 3 is 2.66 bits per heavy atom. The largest absolute Gasteiger partial charge is 0.515 e. The minimum atomic E-state index is -0.472. The van der Waals surface area contributed by atoms with Gasteiger partial charge in [-0.3, -0.25) is 9.78 Å². The lowest BCUT2D eigenvalue weighted by atomic mass is 9.55. The Kier molecular flexibility index (Phi) is 5.09. The molecule has 0 saturated heterocycles. The Morgan fingerprint density at radius 1 is 1.11 bits per heavy atom. The molecule has 3 aliphatic rings. The smallest absolute Gasteiger partial charge is 0.165 e. The predicted molar refractivity (Wildman–Crippen MR) is 131 cm³/mol. The molecule has 0 aliphatic heterocycles. The number of fused-ring (bicyclic) bond motifs is 3. The van der Waals surface area contributed by atoms with E-state index >= 15 is 4.39 Å². The predicted octanol–water partition coefficient (Wildman–Crippen LogP) is 6.09. The summed E-state index contributed by atoms with van der Waals surface area (Å²) in [6, 6.07) is 8.71. The van der Waals surface area contributed by atoms with E-state index in [1.807, 2.05) is 25.3 Å². The fourth-order valence-corrected chi connectivity index (χ4v) is 6.40. The molecule has 2 heterocycles. The summed E-state index contributed by atoms with van der Waals surface area (Å²) in [6.45, 7) is 4.09. The van der Waals surface area contributed by atoms with E-state index in [2.05, 4.69) is 11.9 Å². The monoisotopic (exact) mass is 469 g/mol. The number of carbonyl (C=O) groups excluding carboxylic acids is 1. The van der Waals surface area contributed by atoms with Gasteiger partial charge in [-0.15, -0.1) is 0 Å². The van der Waals surface area contributed by atoms with Gasteiger partial charge in [0.15, 0.2) is 11.6 Å². The Hall–Kier alpha value is -3.41. The number of allylic oxidation sites excluding steroid dienone is 1. The lowest BCUT2D eigenvalue weighted by molar-refractivity contribution is -0.124. The quantitative estimate of drug-likeness (QED) is 0.371. The molecule has 0 amide bonds. The molecule has 35 heavy (non-hydrogen) atoms. The fraction of sp³-hybridized carbons (Fsp3) is 0.379. The summed E-state index contributed by atoms with van der Waals surface area (Å²) in [5.74, 6) is 0.586. The normalized spacial score (nSPS) is 26.9. The highest BCUT2D eigenvalue weighted by Crippen LogP contribution is 2.53. The van der Waals surface area contributed by atoms with Crippen molar-refractivity contribution < 1.29 is 14.3 Å². The Balaban J connectivity index is 1.63. The number of hydrogen-bond acceptors (Lipinski definition) is 5. The molecule has 6 rings (SSSR count). The van der Waals surface area contributed by atoms with Crippen LogP contribution >= 0.6 is 0 Å². The number of aliphatic hydroxyl groups is 1. The van der Waals surface area contributed by atoms with Crippen LogP contribution in [0.1, 0.15) is 62.3 Å². The van der Waals surface area contributed by atoms with Crippen LogP contribution in [0.25, 0.3) is 22.6 Å². The van der Waals surface area contributed by atoms with Crippen LogP contribution in [-0.4, -0.2) is 25.8 Å². The van der Waals surface area contributed by atoms with E-state index in [4.69, 9.17) is 9.97 Å². The van der Waals surface area contributed by atoms with Crippen LogP contribution in [0.4, 0.5) is 4.39 Å². The highest BCUT2D eigenvalue weighted by atomic mass is 19.1. The third kappa shape index (κ3) is 3.41. The van der Waals surface area contributed by atoms with Crippen LogP contribution in [0.15, 0.2) is 54.6 Å². The number of pyridine rings is 1. The van der Waals surface area contributed by atoms with E-state index in [-0.39, 0.29) is 23.4 Å². The Bertz CT molecular complexity index is 1380.